The van der Waals surface area contributed by atoms with E-state index in [1.165, 1.54) is 7.11 Å². The number of fused-ring (bicyclic) bond motifs is 1. The largest absolute Gasteiger partial charge is 0.475 e. The molecule has 1 aliphatic rings. The van der Waals surface area contributed by atoms with Crippen LogP contribution in [0.1, 0.15) is 12.5 Å². The molecule has 1 aromatic rings. The fourth-order valence-electron chi connectivity index (χ4n) is 1.76. The summed E-state index contributed by atoms with van der Waals surface area (Å²) in [7, 11) is 1.35. The maximum Gasteiger partial charge on any atom is 0.350 e. The Bertz CT molecular complexity index is 416. The maximum atomic E-state index is 11.5. The van der Waals surface area contributed by atoms with Crippen molar-refractivity contribution < 1.29 is 14.3 Å². The van der Waals surface area contributed by atoms with E-state index in [1.54, 1.807) is 19.1 Å². The van der Waals surface area contributed by atoms with Crippen molar-refractivity contribution in [2.75, 3.05) is 7.11 Å². The highest BCUT2D eigenvalue weighted by molar-refractivity contribution is 6.30. The predicted octanol–water partition coefficient (Wildman–Crippen LogP) is 2.21. The minimum atomic E-state index is -0.915. The van der Waals surface area contributed by atoms with Crippen molar-refractivity contribution in [1.29, 1.82) is 0 Å². The summed E-state index contributed by atoms with van der Waals surface area (Å²) >= 11 is 5.86. The monoisotopic (exact) mass is 226 g/mol. The third kappa shape index (κ3) is 1.67. The molecule has 1 heterocycles. The second-order valence-electron chi connectivity index (χ2n) is 3.75. The van der Waals surface area contributed by atoms with Crippen LogP contribution in [0.2, 0.25) is 5.02 Å². The first-order valence-electron chi connectivity index (χ1n) is 4.61. The Hall–Kier alpha value is -1.22. The van der Waals surface area contributed by atoms with E-state index in [0.29, 0.717) is 17.2 Å². The molecule has 3 nitrogen and oxygen atoms in total. The number of methoxy groups -OCH3 is 1. The minimum absolute atomic E-state index is 0.366. The van der Waals surface area contributed by atoms with Gasteiger partial charge in [0.05, 0.1) is 7.11 Å². The van der Waals surface area contributed by atoms with Crippen LogP contribution in [0.4, 0.5) is 0 Å². The fraction of sp³-hybridized carbons (Fsp3) is 0.364. The van der Waals surface area contributed by atoms with Gasteiger partial charge in [-0.3, -0.25) is 0 Å². The summed E-state index contributed by atoms with van der Waals surface area (Å²) in [6, 6.07) is 5.32. The van der Waals surface area contributed by atoms with Gasteiger partial charge >= 0.3 is 5.97 Å². The Kier molecular flexibility index (Phi) is 2.35. The average molecular weight is 227 g/mol. The van der Waals surface area contributed by atoms with Crippen LogP contribution in [0.5, 0.6) is 5.75 Å². The molecule has 0 aliphatic carbocycles. The van der Waals surface area contributed by atoms with Crippen LogP contribution in [0.3, 0.4) is 0 Å². The van der Waals surface area contributed by atoms with Gasteiger partial charge in [-0.15, -0.1) is 0 Å². The molecule has 0 radical (unpaired) electrons. The summed E-state index contributed by atoms with van der Waals surface area (Å²) in [5, 5.41) is 0.645. The maximum absolute atomic E-state index is 11.5. The van der Waals surface area contributed by atoms with Crippen molar-refractivity contribution in [3.63, 3.8) is 0 Å². The van der Waals surface area contributed by atoms with Gasteiger partial charge < -0.3 is 9.47 Å². The van der Waals surface area contributed by atoms with Gasteiger partial charge in [0.25, 0.3) is 0 Å². The number of hydrogen-bond acceptors (Lipinski definition) is 3. The van der Waals surface area contributed by atoms with Gasteiger partial charge in [-0.2, -0.15) is 0 Å². The zero-order valence-corrected chi connectivity index (χ0v) is 9.30. The van der Waals surface area contributed by atoms with Crippen LogP contribution in [0, 0.1) is 0 Å². The molecule has 0 aromatic heterocycles. The first-order chi connectivity index (χ1) is 7.05. The number of esters is 1. The molecule has 0 N–H and O–H groups in total. The lowest BCUT2D eigenvalue weighted by Gasteiger charge is -2.20. The van der Waals surface area contributed by atoms with Crippen LogP contribution in [-0.4, -0.2) is 18.7 Å². The van der Waals surface area contributed by atoms with Crippen molar-refractivity contribution in [1.82, 2.24) is 0 Å². The molecule has 0 bridgehead atoms. The average Bonchev–Trinajstić information content (AvgIpc) is 2.53. The molecule has 0 amide bonds. The van der Waals surface area contributed by atoms with Crippen LogP contribution < -0.4 is 4.74 Å². The SMILES string of the molecule is COC(=O)C1(C)Cc2cc(Cl)ccc2O1. The molecule has 0 fully saturated rings. The molecule has 0 saturated carbocycles. The molecule has 80 valence electrons. The van der Waals surface area contributed by atoms with Gasteiger partial charge in [-0.1, -0.05) is 11.6 Å². The second kappa shape index (κ2) is 3.42. The first kappa shape index (κ1) is 10.3. The van der Waals surface area contributed by atoms with E-state index in [1.807, 2.05) is 6.07 Å². The molecular weight excluding hydrogens is 216 g/mol. The van der Waals surface area contributed by atoms with E-state index in [9.17, 15) is 4.79 Å². The van der Waals surface area contributed by atoms with Gasteiger partial charge in [0, 0.05) is 17.0 Å². The van der Waals surface area contributed by atoms with Crippen LogP contribution in [0.15, 0.2) is 18.2 Å². The number of benzene rings is 1. The van der Waals surface area contributed by atoms with Crippen molar-refractivity contribution in [3.8, 4) is 5.75 Å². The lowest BCUT2D eigenvalue weighted by atomic mass is 10.00. The van der Waals surface area contributed by atoms with E-state index in [0.717, 1.165) is 5.56 Å². The van der Waals surface area contributed by atoms with Gasteiger partial charge in [0.15, 0.2) is 0 Å². The fourth-order valence-corrected chi connectivity index (χ4v) is 1.95. The summed E-state index contributed by atoms with van der Waals surface area (Å²) < 4.78 is 10.3. The standard InChI is InChI=1S/C11H11ClO3/c1-11(10(13)14-2)6-7-5-8(12)3-4-9(7)15-11/h3-5H,6H2,1-2H3. The number of ether oxygens (including phenoxy) is 2. The molecule has 1 atom stereocenters. The number of hydrogen-bond donors (Lipinski definition) is 0. The lowest BCUT2D eigenvalue weighted by molar-refractivity contribution is -0.156. The van der Waals surface area contributed by atoms with E-state index in [4.69, 9.17) is 21.1 Å². The van der Waals surface area contributed by atoms with Gasteiger partial charge in [0.1, 0.15) is 5.75 Å². The summed E-state index contributed by atoms with van der Waals surface area (Å²) in [6.07, 6.45) is 0.496. The third-order valence-corrected chi connectivity index (χ3v) is 2.74. The van der Waals surface area contributed by atoms with Crippen molar-refractivity contribution in [2.24, 2.45) is 0 Å². The topological polar surface area (TPSA) is 35.5 Å². The second-order valence-corrected chi connectivity index (χ2v) is 4.19. The van der Waals surface area contributed by atoms with E-state index in [2.05, 4.69) is 0 Å². The molecule has 1 unspecified atom stereocenters. The zero-order valence-electron chi connectivity index (χ0n) is 8.54. The molecule has 2 rings (SSSR count). The molecule has 1 aliphatic heterocycles. The van der Waals surface area contributed by atoms with E-state index < -0.39 is 5.60 Å². The van der Waals surface area contributed by atoms with Crippen LogP contribution in [0.25, 0.3) is 0 Å². The van der Waals surface area contributed by atoms with Crippen LogP contribution >= 0.6 is 11.6 Å². The Balaban J connectivity index is 2.32. The summed E-state index contributed by atoms with van der Waals surface area (Å²) in [5.41, 5.74) is 0.0253. The zero-order chi connectivity index (χ0) is 11.1. The number of rotatable bonds is 1. The van der Waals surface area contributed by atoms with Gasteiger partial charge in [0.2, 0.25) is 5.60 Å². The Morgan fingerprint density at radius 1 is 1.60 bits per heavy atom. The minimum Gasteiger partial charge on any atom is -0.475 e. The molecule has 0 spiro atoms. The van der Waals surface area contributed by atoms with E-state index >= 15 is 0 Å². The number of halogens is 1. The highest BCUT2D eigenvalue weighted by Crippen LogP contribution is 2.36. The Labute approximate surface area is 92.9 Å². The third-order valence-electron chi connectivity index (χ3n) is 2.50. The van der Waals surface area contributed by atoms with Crippen LogP contribution in [-0.2, 0) is 16.0 Å². The molecule has 1 aromatic carbocycles. The lowest BCUT2D eigenvalue weighted by Crippen LogP contribution is -2.40. The normalized spacial score (nSPS) is 23.1. The first-order valence-corrected chi connectivity index (χ1v) is 4.99. The predicted molar refractivity (Wildman–Crippen MR) is 56.2 cm³/mol. The summed E-state index contributed by atoms with van der Waals surface area (Å²) in [6.45, 7) is 1.72. The molecule has 4 heteroatoms. The van der Waals surface area contributed by atoms with Crippen molar-refractivity contribution in [3.05, 3.63) is 28.8 Å². The Morgan fingerprint density at radius 2 is 2.33 bits per heavy atom. The molecule has 0 saturated heterocycles. The summed E-state index contributed by atoms with van der Waals surface area (Å²) in [4.78, 5) is 11.5. The summed E-state index contributed by atoms with van der Waals surface area (Å²) in [5.74, 6) is 0.335. The van der Waals surface area contributed by atoms with Crippen molar-refractivity contribution >= 4 is 17.6 Å². The van der Waals surface area contributed by atoms with Crippen molar-refractivity contribution in [2.45, 2.75) is 18.9 Å². The van der Waals surface area contributed by atoms with Gasteiger partial charge in [-0.25, -0.2) is 4.79 Å². The highest BCUT2D eigenvalue weighted by Gasteiger charge is 2.42. The molecular formula is C11H11ClO3. The highest BCUT2D eigenvalue weighted by atomic mass is 35.5. The molecule has 15 heavy (non-hydrogen) atoms. The number of carbonyl (C=O) groups excluding carboxylic acids is 1. The quantitative estimate of drug-likeness (QED) is 0.689. The Morgan fingerprint density at radius 3 is 3.00 bits per heavy atom. The smallest absolute Gasteiger partial charge is 0.350 e. The van der Waals surface area contributed by atoms with E-state index in [-0.39, 0.29) is 5.97 Å². The number of carbonyl (C=O) groups is 1. The van der Waals surface area contributed by atoms with Gasteiger partial charge in [-0.05, 0) is 25.1 Å².